The highest BCUT2D eigenvalue weighted by Crippen LogP contribution is 2.07. The van der Waals surface area contributed by atoms with Crippen LogP contribution >= 0.6 is 35.2 Å². The largest absolute Gasteiger partial charge is 0.461 e. The molecule has 0 amide bonds. The van der Waals surface area contributed by atoms with E-state index >= 15 is 0 Å². The second kappa shape index (κ2) is 5.49. The second-order valence-electron chi connectivity index (χ2n) is 2.37. The molecule has 0 fully saturated rings. The first-order valence-corrected chi connectivity index (χ1v) is 5.48. The predicted octanol–water partition coefficient (Wildman–Crippen LogP) is 2.38. The van der Waals surface area contributed by atoms with Crippen molar-refractivity contribution < 1.29 is 9.53 Å². The van der Waals surface area contributed by atoms with Gasteiger partial charge >= 0.3 is 5.97 Å². The molecule has 0 unspecified atom stereocenters. The van der Waals surface area contributed by atoms with Crippen LogP contribution < -0.4 is 0 Å². The molecule has 0 saturated heterocycles. The summed E-state index contributed by atoms with van der Waals surface area (Å²) in [6, 6.07) is 7.25. The zero-order valence-corrected chi connectivity index (χ0v) is 9.92. The quantitative estimate of drug-likeness (QED) is 0.527. The zero-order chi connectivity index (χ0) is 9.68. The van der Waals surface area contributed by atoms with Crippen molar-refractivity contribution in [1.29, 1.82) is 0 Å². The summed E-state index contributed by atoms with van der Waals surface area (Å²) < 4.78 is 6.00. The van der Waals surface area contributed by atoms with E-state index in [1.54, 1.807) is 12.1 Å². The molecular weight excluding hydrogens is 299 g/mol. The van der Waals surface area contributed by atoms with Crippen LogP contribution in [-0.2, 0) is 4.74 Å². The minimum absolute atomic E-state index is 0.287. The molecule has 0 saturated carbocycles. The summed E-state index contributed by atoms with van der Waals surface area (Å²) in [6.07, 6.45) is 0. The van der Waals surface area contributed by atoms with Crippen molar-refractivity contribution in [2.24, 2.45) is 0 Å². The van der Waals surface area contributed by atoms with E-state index in [1.807, 2.05) is 12.1 Å². The van der Waals surface area contributed by atoms with Crippen molar-refractivity contribution in [2.75, 3.05) is 12.4 Å². The molecule has 4 heteroatoms. The number of hydrogen-bond acceptors (Lipinski definition) is 3. The Labute approximate surface area is 96.2 Å². The summed E-state index contributed by atoms with van der Waals surface area (Å²) in [7, 11) is 0. The van der Waals surface area contributed by atoms with Gasteiger partial charge in [0.25, 0.3) is 0 Å². The van der Waals surface area contributed by atoms with Crippen LogP contribution in [0.2, 0.25) is 0 Å². The monoisotopic (exact) mass is 308 g/mol. The van der Waals surface area contributed by atoms with E-state index in [9.17, 15) is 4.79 Å². The molecular formula is C9H9IO2S. The zero-order valence-electron chi connectivity index (χ0n) is 6.87. The topological polar surface area (TPSA) is 26.3 Å². The fourth-order valence-corrected chi connectivity index (χ4v) is 1.26. The van der Waals surface area contributed by atoms with Crippen molar-refractivity contribution in [2.45, 2.75) is 0 Å². The third-order valence-corrected chi connectivity index (χ3v) is 2.31. The Morgan fingerprint density at radius 1 is 1.38 bits per heavy atom. The van der Waals surface area contributed by atoms with Gasteiger partial charge in [0.1, 0.15) is 6.61 Å². The average Bonchev–Trinajstić information content (AvgIpc) is 2.15. The van der Waals surface area contributed by atoms with E-state index in [4.69, 9.17) is 4.74 Å². The van der Waals surface area contributed by atoms with Crippen LogP contribution in [0.5, 0.6) is 0 Å². The first-order chi connectivity index (χ1) is 6.24. The summed E-state index contributed by atoms with van der Waals surface area (Å²) in [5.74, 6) is 0.265. The maximum absolute atomic E-state index is 11.3. The summed E-state index contributed by atoms with van der Waals surface area (Å²) in [5.41, 5.74) is 0.585. The normalized spacial score (nSPS) is 9.69. The molecule has 0 radical (unpaired) electrons. The summed E-state index contributed by atoms with van der Waals surface area (Å²) >= 11 is 6.13. The van der Waals surface area contributed by atoms with Gasteiger partial charge < -0.3 is 4.74 Å². The number of thiol groups is 1. The molecule has 0 aromatic heterocycles. The highest BCUT2D eigenvalue weighted by Gasteiger charge is 2.04. The average molecular weight is 308 g/mol. The highest BCUT2D eigenvalue weighted by molar-refractivity contribution is 14.1. The molecule has 13 heavy (non-hydrogen) atoms. The van der Waals surface area contributed by atoms with Crippen LogP contribution in [-0.4, -0.2) is 18.3 Å². The van der Waals surface area contributed by atoms with E-state index in [-0.39, 0.29) is 5.97 Å². The van der Waals surface area contributed by atoms with Crippen molar-refractivity contribution in [1.82, 2.24) is 0 Å². The van der Waals surface area contributed by atoms with Crippen LogP contribution in [0.4, 0.5) is 0 Å². The van der Waals surface area contributed by atoms with Gasteiger partial charge in [0.15, 0.2) is 0 Å². The minimum Gasteiger partial charge on any atom is -0.461 e. The Balaban J connectivity index is 2.61. The third kappa shape index (κ3) is 3.56. The van der Waals surface area contributed by atoms with E-state index in [0.29, 0.717) is 17.9 Å². The minimum atomic E-state index is -0.287. The number of esters is 1. The molecule has 1 rings (SSSR count). The van der Waals surface area contributed by atoms with Crippen molar-refractivity contribution in [3.63, 3.8) is 0 Å². The van der Waals surface area contributed by atoms with Crippen molar-refractivity contribution in [3.05, 3.63) is 33.4 Å². The van der Waals surface area contributed by atoms with Gasteiger partial charge in [-0.1, -0.05) is 0 Å². The Kier molecular flexibility index (Phi) is 4.58. The van der Waals surface area contributed by atoms with Gasteiger partial charge in [-0.05, 0) is 46.9 Å². The Hall–Kier alpha value is -0.230. The lowest BCUT2D eigenvalue weighted by Gasteiger charge is -2.01. The van der Waals surface area contributed by atoms with Crippen LogP contribution in [0.1, 0.15) is 10.4 Å². The van der Waals surface area contributed by atoms with Gasteiger partial charge in [0.05, 0.1) is 5.56 Å². The van der Waals surface area contributed by atoms with Crippen LogP contribution in [0.3, 0.4) is 0 Å². The summed E-state index contributed by atoms with van der Waals surface area (Å²) in [4.78, 5) is 11.3. The Bertz CT molecular complexity index is 284. The SMILES string of the molecule is O=C(OCCS)c1ccc(I)cc1. The number of benzene rings is 1. The van der Waals surface area contributed by atoms with Gasteiger partial charge in [0.2, 0.25) is 0 Å². The molecule has 0 heterocycles. The van der Waals surface area contributed by atoms with Crippen molar-refractivity contribution >= 4 is 41.2 Å². The highest BCUT2D eigenvalue weighted by atomic mass is 127. The van der Waals surface area contributed by atoms with Gasteiger partial charge in [-0.15, -0.1) is 0 Å². The summed E-state index contributed by atoms with van der Waals surface area (Å²) in [5, 5.41) is 0. The van der Waals surface area contributed by atoms with Crippen LogP contribution in [0, 0.1) is 3.57 Å². The van der Waals surface area contributed by atoms with Gasteiger partial charge in [0, 0.05) is 9.32 Å². The molecule has 1 aromatic carbocycles. The molecule has 0 atom stereocenters. The molecule has 0 aliphatic carbocycles. The lowest BCUT2D eigenvalue weighted by Crippen LogP contribution is -2.06. The maximum atomic E-state index is 11.3. The number of ether oxygens (including phenoxy) is 1. The van der Waals surface area contributed by atoms with Crippen LogP contribution in [0.25, 0.3) is 0 Å². The number of carbonyl (C=O) groups excluding carboxylic acids is 1. The molecule has 0 aliphatic rings. The first-order valence-electron chi connectivity index (χ1n) is 3.77. The molecule has 2 nitrogen and oxygen atoms in total. The molecule has 0 aliphatic heterocycles. The smallest absolute Gasteiger partial charge is 0.338 e. The fourth-order valence-electron chi connectivity index (χ4n) is 0.808. The maximum Gasteiger partial charge on any atom is 0.338 e. The standard InChI is InChI=1S/C9H9IO2S/c10-8-3-1-7(2-4-8)9(11)12-5-6-13/h1-4,13H,5-6H2. The third-order valence-electron chi connectivity index (χ3n) is 1.40. The number of carbonyl (C=O) groups is 1. The van der Waals surface area contributed by atoms with Gasteiger partial charge in [-0.3, -0.25) is 0 Å². The predicted molar refractivity (Wildman–Crippen MR) is 63.3 cm³/mol. The van der Waals surface area contributed by atoms with E-state index in [2.05, 4.69) is 35.2 Å². The lowest BCUT2D eigenvalue weighted by atomic mass is 10.2. The molecule has 1 aromatic rings. The summed E-state index contributed by atoms with van der Waals surface area (Å²) in [6.45, 7) is 0.355. The first kappa shape index (κ1) is 10.8. The van der Waals surface area contributed by atoms with Crippen molar-refractivity contribution in [3.8, 4) is 0 Å². The van der Waals surface area contributed by atoms with Gasteiger partial charge in [-0.25, -0.2) is 4.79 Å². The van der Waals surface area contributed by atoms with Crippen LogP contribution in [0.15, 0.2) is 24.3 Å². The van der Waals surface area contributed by atoms with E-state index in [1.165, 1.54) is 0 Å². The second-order valence-corrected chi connectivity index (χ2v) is 4.06. The van der Waals surface area contributed by atoms with E-state index in [0.717, 1.165) is 3.57 Å². The molecule has 0 bridgehead atoms. The van der Waals surface area contributed by atoms with Gasteiger partial charge in [-0.2, -0.15) is 12.6 Å². The number of halogens is 1. The number of rotatable bonds is 3. The van der Waals surface area contributed by atoms with E-state index < -0.39 is 0 Å². The fraction of sp³-hybridized carbons (Fsp3) is 0.222. The molecule has 0 N–H and O–H groups in total. The molecule has 70 valence electrons. The Morgan fingerprint density at radius 2 is 2.00 bits per heavy atom. The number of hydrogen-bond donors (Lipinski definition) is 1. The Morgan fingerprint density at radius 3 is 2.54 bits per heavy atom. The lowest BCUT2D eigenvalue weighted by molar-refractivity contribution is 0.0530. The molecule has 0 spiro atoms.